The summed E-state index contributed by atoms with van der Waals surface area (Å²) in [5.74, 6) is 1.27. The zero-order valence-corrected chi connectivity index (χ0v) is 12.2. The summed E-state index contributed by atoms with van der Waals surface area (Å²) in [6.07, 6.45) is 7.00. The molecule has 1 aliphatic carbocycles. The van der Waals surface area contributed by atoms with E-state index < -0.39 is 0 Å². The highest BCUT2D eigenvalue weighted by molar-refractivity contribution is 9.10. The summed E-state index contributed by atoms with van der Waals surface area (Å²) in [4.78, 5) is 2.65. The van der Waals surface area contributed by atoms with Crippen LogP contribution in [0.5, 0.6) is 5.75 Å². The number of likely N-dealkylation sites (tertiary alicyclic amines) is 1. The summed E-state index contributed by atoms with van der Waals surface area (Å²) < 4.78 is 0.806. The average molecular weight is 310 g/mol. The lowest BCUT2D eigenvalue weighted by Crippen LogP contribution is -2.41. The molecule has 1 saturated carbocycles. The maximum absolute atomic E-state index is 9.54. The Morgan fingerprint density at radius 1 is 1.22 bits per heavy atom. The summed E-state index contributed by atoms with van der Waals surface area (Å²) in [7, 11) is 0. The molecule has 1 heterocycles. The van der Waals surface area contributed by atoms with E-state index in [1.54, 1.807) is 6.07 Å². The SMILES string of the molecule is Oc1ccc(CN2CCCC3CCCC32)cc1Br. The van der Waals surface area contributed by atoms with Crippen molar-refractivity contribution < 1.29 is 5.11 Å². The van der Waals surface area contributed by atoms with Gasteiger partial charge in [-0.2, -0.15) is 0 Å². The molecule has 0 spiro atoms. The van der Waals surface area contributed by atoms with Crippen molar-refractivity contribution in [3.05, 3.63) is 28.2 Å². The number of benzene rings is 1. The van der Waals surface area contributed by atoms with Crippen molar-refractivity contribution in [1.82, 2.24) is 4.90 Å². The number of hydrogen-bond acceptors (Lipinski definition) is 2. The Bertz CT molecular complexity index is 435. The highest BCUT2D eigenvalue weighted by Gasteiger charge is 2.34. The second-order valence-corrected chi connectivity index (χ2v) is 6.51. The first-order chi connectivity index (χ1) is 8.74. The molecule has 0 bridgehead atoms. The molecule has 3 rings (SSSR count). The third-order valence-electron chi connectivity index (χ3n) is 4.51. The van der Waals surface area contributed by atoms with E-state index in [1.165, 1.54) is 44.2 Å². The van der Waals surface area contributed by atoms with E-state index >= 15 is 0 Å². The van der Waals surface area contributed by atoms with Crippen LogP contribution in [0.2, 0.25) is 0 Å². The first kappa shape index (κ1) is 12.5. The van der Waals surface area contributed by atoms with E-state index in [4.69, 9.17) is 0 Å². The van der Waals surface area contributed by atoms with Gasteiger partial charge in [0.05, 0.1) is 4.47 Å². The monoisotopic (exact) mass is 309 g/mol. The second-order valence-electron chi connectivity index (χ2n) is 5.66. The van der Waals surface area contributed by atoms with Gasteiger partial charge in [0.15, 0.2) is 0 Å². The van der Waals surface area contributed by atoms with Gasteiger partial charge in [-0.25, -0.2) is 0 Å². The molecule has 0 aromatic heterocycles. The van der Waals surface area contributed by atoms with Crippen LogP contribution < -0.4 is 0 Å². The molecule has 2 fully saturated rings. The van der Waals surface area contributed by atoms with Crippen LogP contribution >= 0.6 is 15.9 Å². The lowest BCUT2D eigenvalue weighted by atomic mass is 9.91. The van der Waals surface area contributed by atoms with Crippen molar-refractivity contribution in [2.45, 2.75) is 44.7 Å². The molecule has 1 aliphatic heterocycles. The normalized spacial score (nSPS) is 28.3. The predicted molar refractivity (Wildman–Crippen MR) is 76.6 cm³/mol. The van der Waals surface area contributed by atoms with Crippen molar-refractivity contribution in [2.75, 3.05) is 6.54 Å². The molecular formula is C15H20BrNO. The molecule has 3 heteroatoms. The minimum atomic E-state index is 0.330. The maximum Gasteiger partial charge on any atom is 0.129 e. The number of nitrogens with zero attached hydrogens (tertiary/aromatic N) is 1. The molecule has 2 aliphatic rings. The Kier molecular flexibility index (Phi) is 3.62. The van der Waals surface area contributed by atoms with Gasteiger partial charge in [-0.15, -0.1) is 0 Å². The Balaban J connectivity index is 1.73. The smallest absolute Gasteiger partial charge is 0.129 e. The fraction of sp³-hybridized carbons (Fsp3) is 0.600. The molecule has 1 aromatic carbocycles. The van der Waals surface area contributed by atoms with Crippen LogP contribution in [0.25, 0.3) is 0 Å². The Morgan fingerprint density at radius 3 is 2.89 bits per heavy atom. The van der Waals surface area contributed by atoms with Crippen LogP contribution in [0.15, 0.2) is 22.7 Å². The van der Waals surface area contributed by atoms with Gasteiger partial charge >= 0.3 is 0 Å². The van der Waals surface area contributed by atoms with Crippen LogP contribution in [0.1, 0.15) is 37.7 Å². The van der Waals surface area contributed by atoms with Gasteiger partial charge in [-0.05, 0) is 71.8 Å². The van der Waals surface area contributed by atoms with Crippen molar-refractivity contribution in [3.8, 4) is 5.75 Å². The average Bonchev–Trinajstić information content (AvgIpc) is 2.83. The van der Waals surface area contributed by atoms with Gasteiger partial charge < -0.3 is 5.11 Å². The molecule has 1 aromatic rings. The third-order valence-corrected chi connectivity index (χ3v) is 5.14. The van der Waals surface area contributed by atoms with E-state index in [1.807, 2.05) is 12.1 Å². The van der Waals surface area contributed by atoms with Gasteiger partial charge in [0.25, 0.3) is 0 Å². The van der Waals surface area contributed by atoms with Crippen LogP contribution in [0.3, 0.4) is 0 Å². The zero-order valence-electron chi connectivity index (χ0n) is 10.6. The predicted octanol–water partition coefficient (Wildman–Crippen LogP) is 3.92. The topological polar surface area (TPSA) is 23.5 Å². The lowest BCUT2D eigenvalue weighted by Gasteiger charge is -2.37. The Morgan fingerprint density at radius 2 is 2.06 bits per heavy atom. The largest absolute Gasteiger partial charge is 0.507 e. The van der Waals surface area contributed by atoms with Crippen molar-refractivity contribution in [3.63, 3.8) is 0 Å². The van der Waals surface area contributed by atoms with E-state index in [-0.39, 0.29) is 0 Å². The Labute approximate surface area is 117 Å². The highest BCUT2D eigenvalue weighted by atomic mass is 79.9. The number of piperidine rings is 1. The molecule has 98 valence electrons. The van der Waals surface area contributed by atoms with E-state index in [0.29, 0.717) is 5.75 Å². The minimum absolute atomic E-state index is 0.330. The van der Waals surface area contributed by atoms with Gasteiger partial charge in [-0.1, -0.05) is 12.5 Å². The summed E-state index contributed by atoms with van der Waals surface area (Å²) in [6, 6.07) is 6.69. The fourth-order valence-electron chi connectivity index (χ4n) is 3.64. The first-order valence-electron chi connectivity index (χ1n) is 6.95. The minimum Gasteiger partial charge on any atom is -0.507 e. The number of fused-ring (bicyclic) bond motifs is 1. The van der Waals surface area contributed by atoms with Crippen LogP contribution in [-0.4, -0.2) is 22.6 Å². The van der Waals surface area contributed by atoms with Crippen LogP contribution in [0.4, 0.5) is 0 Å². The second kappa shape index (κ2) is 5.22. The summed E-state index contributed by atoms with van der Waals surface area (Å²) in [5.41, 5.74) is 1.30. The standard InChI is InChI=1S/C15H20BrNO/c16-13-9-11(6-7-15(13)18)10-17-8-2-4-12-3-1-5-14(12)17/h6-7,9,12,14,18H,1-5,8,10H2. The fourth-order valence-corrected chi connectivity index (χ4v) is 4.06. The number of phenolic OH excluding ortho intramolecular Hbond substituents is 1. The van der Waals surface area contributed by atoms with E-state index in [0.717, 1.165) is 23.0 Å². The molecule has 2 unspecified atom stereocenters. The first-order valence-corrected chi connectivity index (χ1v) is 7.75. The quantitative estimate of drug-likeness (QED) is 0.895. The molecule has 0 radical (unpaired) electrons. The molecule has 0 amide bonds. The number of hydrogen-bond donors (Lipinski definition) is 1. The van der Waals surface area contributed by atoms with Crippen molar-refractivity contribution in [1.29, 1.82) is 0 Å². The van der Waals surface area contributed by atoms with E-state index in [9.17, 15) is 5.11 Å². The molecule has 2 nitrogen and oxygen atoms in total. The molecule has 1 N–H and O–H groups in total. The third kappa shape index (κ3) is 2.43. The summed E-state index contributed by atoms with van der Waals surface area (Å²) in [5, 5.41) is 9.54. The van der Waals surface area contributed by atoms with Gasteiger partial charge in [0.1, 0.15) is 5.75 Å². The summed E-state index contributed by atoms with van der Waals surface area (Å²) in [6.45, 7) is 2.26. The Hall–Kier alpha value is -0.540. The van der Waals surface area contributed by atoms with Crippen LogP contribution in [-0.2, 0) is 6.54 Å². The lowest BCUT2D eigenvalue weighted by molar-refractivity contribution is 0.106. The van der Waals surface area contributed by atoms with Gasteiger partial charge in [-0.3, -0.25) is 4.90 Å². The number of halogens is 1. The van der Waals surface area contributed by atoms with Gasteiger partial charge in [0, 0.05) is 12.6 Å². The molecule has 18 heavy (non-hydrogen) atoms. The highest BCUT2D eigenvalue weighted by Crippen LogP contribution is 2.37. The molecule has 2 atom stereocenters. The van der Waals surface area contributed by atoms with Crippen LogP contribution in [0, 0.1) is 5.92 Å². The maximum atomic E-state index is 9.54. The van der Waals surface area contributed by atoms with Crippen molar-refractivity contribution >= 4 is 15.9 Å². The van der Waals surface area contributed by atoms with Crippen molar-refractivity contribution in [2.24, 2.45) is 5.92 Å². The van der Waals surface area contributed by atoms with E-state index in [2.05, 4.69) is 20.8 Å². The van der Waals surface area contributed by atoms with Gasteiger partial charge in [0.2, 0.25) is 0 Å². The zero-order chi connectivity index (χ0) is 12.5. The molecule has 1 saturated heterocycles. The summed E-state index contributed by atoms with van der Waals surface area (Å²) >= 11 is 3.40. The molecular weight excluding hydrogens is 290 g/mol. The number of rotatable bonds is 2. The number of aromatic hydroxyl groups is 1. The number of phenols is 1.